The van der Waals surface area contributed by atoms with Crippen LogP contribution < -0.4 is 4.57 Å². The smallest absolute Gasteiger partial charge is 0.262 e. The summed E-state index contributed by atoms with van der Waals surface area (Å²) in [6, 6.07) is 6.14. The third kappa shape index (κ3) is 3.90. The Labute approximate surface area is 146 Å². The summed E-state index contributed by atoms with van der Waals surface area (Å²) in [7, 11) is 0. The summed E-state index contributed by atoms with van der Waals surface area (Å²) >= 11 is 1.42. The van der Waals surface area contributed by atoms with Crippen LogP contribution in [-0.2, 0) is 6.54 Å². The normalized spacial score (nSPS) is 13.6. The number of aryl methyl sites for hydroxylation is 1. The van der Waals surface area contributed by atoms with Gasteiger partial charge in [-0.05, 0) is 12.8 Å². The van der Waals surface area contributed by atoms with Crippen LogP contribution in [-0.4, -0.2) is 23.3 Å². The SMILES string of the molecule is O=C1c2cscc2C(=O)N1CCCCCCCC[n+]1ccccc1. The molecule has 0 aromatic carbocycles. The van der Waals surface area contributed by atoms with Gasteiger partial charge in [-0.25, -0.2) is 4.57 Å². The van der Waals surface area contributed by atoms with Crippen LogP contribution in [0.3, 0.4) is 0 Å². The first kappa shape index (κ1) is 16.8. The van der Waals surface area contributed by atoms with Crippen molar-refractivity contribution in [1.82, 2.24) is 4.90 Å². The van der Waals surface area contributed by atoms with Gasteiger partial charge in [0, 0.05) is 35.9 Å². The molecule has 0 unspecified atom stereocenters. The van der Waals surface area contributed by atoms with Crippen molar-refractivity contribution in [3.8, 4) is 0 Å². The number of pyridine rings is 1. The van der Waals surface area contributed by atoms with E-state index in [1.807, 2.05) is 6.07 Å². The van der Waals surface area contributed by atoms with Crippen LogP contribution in [0.4, 0.5) is 0 Å². The fourth-order valence-corrected chi connectivity index (χ4v) is 3.86. The number of thiophene rings is 1. The molecule has 0 N–H and O–H groups in total. The largest absolute Gasteiger partial charge is 0.274 e. The third-order valence-corrected chi connectivity index (χ3v) is 5.18. The maximum atomic E-state index is 12.1. The average molecular weight is 343 g/mol. The number of carbonyl (C=O) groups is 2. The molecule has 0 atom stereocenters. The topological polar surface area (TPSA) is 41.3 Å². The Kier molecular flexibility index (Phi) is 5.75. The van der Waals surface area contributed by atoms with Gasteiger partial charge in [0.2, 0.25) is 0 Å². The van der Waals surface area contributed by atoms with Crippen molar-refractivity contribution in [3.05, 3.63) is 52.5 Å². The van der Waals surface area contributed by atoms with Crippen molar-refractivity contribution >= 4 is 23.2 Å². The van der Waals surface area contributed by atoms with Crippen LogP contribution in [0.1, 0.15) is 59.2 Å². The van der Waals surface area contributed by atoms with Crippen molar-refractivity contribution in [2.45, 2.75) is 45.1 Å². The zero-order chi connectivity index (χ0) is 16.8. The quantitative estimate of drug-likeness (QED) is 0.396. The van der Waals surface area contributed by atoms with Gasteiger partial charge in [-0.3, -0.25) is 14.5 Å². The molecule has 0 saturated heterocycles. The van der Waals surface area contributed by atoms with E-state index < -0.39 is 0 Å². The van der Waals surface area contributed by atoms with Gasteiger partial charge in [0.15, 0.2) is 12.4 Å². The molecule has 0 aliphatic carbocycles. The van der Waals surface area contributed by atoms with E-state index in [2.05, 4.69) is 29.1 Å². The van der Waals surface area contributed by atoms with Crippen LogP contribution in [0.5, 0.6) is 0 Å². The first-order valence-corrected chi connectivity index (χ1v) is 9.58. The summed E-state index contributed by atoms with van der Waals surface area (Å²) in [5, 5.41) is 3.56. The minimum absolute atomic E-state index is 0.115. The maximum Gasteiger partial charge on any atom is 0.262 e. The van der Waals surface area contributed by atoms with Crippen molar-refractivity contribution < 1.29 is 14.2 Å². The van der Waals surface area contributed by atoms with E-state index in [4.69, 9.17) is 0 Å². The number of hydrogen-bond acceptors (Lipinski definition) is 3. The Bertz CT molecular complexity index is 666. The summed E-state index contributed by atoms with van der Waals surface area (Å²) in [6.07, 6.45) is 11.0. The molecule has 3 rings (SSSR count). The van der Waals surface area contributed by atoms with E-state index in [1.54, 1.807) is 10.8 Å². The number of hydrogen-bond donors (Lipinski definition) is 0. The molecular formula is C19H23N2O2S+. The minimum atomic E-state index is -0.115. The highest BCUT2D eigenvalue weighted by Gasteiger charge is 2.35. The standard InChI is InChI=1S/C19H23N2O2S/c22-18-16-14-24-15-17(16)19(23)21(18)13-9-4-2-1-3-6-10-20-11-7-5-8-12-20/h5,7-8,11-12,14-15H,1-4,6,9-10,13H2/q+1. The third-order valence-electron chi connectivity index (χ3n) is 4.44. The average Bonchev–Trinajstić information content (AvgIpc) is 3.17. The fourth-order valence-electron chi connectivity index (χ4n) is 3.07. The van der Waals surface area contributed by atoms with Crippen LogP contribution in [0.15, 0.2) is 41.4 Å². The Morgan fingerprint density at radius 1 is 0.792 bits per heavy atom. The Morgan fingerprint density at radius 2 is 1.38 bits per heavy atom. The molecule has 0 spiro atoms. The van der Waals surface area contributed by atoms with E-state index in [0.29, 0.717) is 17.7 Å². The molecule has 0 fully saturated rings. The monoisotopic (exact) mass is 343 g/mol. The molecule has 2 aromatic heterocycles. The number of imide groups is 1. The predicted molar refractivity (Wildman–Crippen MR) is 94.0 cm³/mol. The number of nitrogens with zero attached hydrogens (tertiary/aromatic N) is 2. The molecule has 1 aliphatic heterocycles. The molecule has 3 heterocycles. The zero-order valence-electron chi connectivity index (χ0n) is 13.8. The van der Waals surface area contributed by atoms with Crippen molar-refractivity contribution in [3.63, 3.8) is 0 Å². The summed E-state index contributed by atoms with van der Waals surface area (Å²) in [5.74, 6) is -0.229. The Balaban J connectivity index is 1.26. The molecular weight excluding hydrogens is 320 g/mol. The van der Waals surface area contributed by atoms with E-state index in [1.165, 1.54) is 35.5 Å². The van der Waals surface area contributed by atoms with Gasteiger partial charge < -0.3 is 0 Å². The second kappa shape index (κ2) is 8.20. The number of amides is 2. The first-order chi connectivity index (χ1) is 11.8. The first-order valence-electron chi connectivity index (χ1n) is 8.64. The predicted octanol–water partition coefficient (Wildman–Crippen LogP) is 3.67. The van der Waals surface area contributed by atoms with E-state index in [0.717, 1.165) is 25.8 Å². The zero-order valence-corrected chi connectivity index (χ0v) is 14.6. The molecule has 4 nitrogen and oxygen atoms in total. The molecule has 0 bridgehead atoms. The number of aromatic nitrogens is 1. The molecule has 0 saturated carbocycles. The number of unbranched alkanes of at least 4 members (excludes halogenated alkanes) is 5. The lowest BCUT2D eigenvalue weighted by Crippen LogP contribution is -2.32. The lowest BCUT2D eigenvalue weighted by Gasteiger charge is -2.13. The van der Waals surface area contributed by atoms with Crippen LogP contribution in [0, 0.1) is 0 Å². The van der Waals surface area contributed by atoms with E-state index >= 15 is 0 Å². The number of carbonyl (C=O) groups excluding carboxylic acids is 2. The van der Waals surface area contributed by atoms with Crippen molar-refractivity contribution in [1.29, 1.82) is 0 Å². The second-order valence-electron chi connectivity index (χ2n) is 6.20. The van der Waals surface area contributed by atoms with Gasteiger partial charge in [0.25, 0.3) is 11.8 Å². The van der Waals surface area contributed by atoms with Gasteiger partial charge in [0.1, 0.15) is 6.54 Å². The maximum absolute atomic E-state index is 12.1. The van der Waals surface area contributed by atoms with Crippen LogP contribution in [0.25, 0.3) is 0 Å². The van der Waals surface area contributed by atoms with E-state index in [-0.39, 0.29) is 11.8 Å². The highest BCUT2D eigenvalue weighted by molar-refractivity contribution is 7.08. The van der Waals surface area contributed by atoms with Gasteiger partial charge in [0.05, 0.1) is 11.1 Å². The van der Waals surface area contributed by atoms with Gasteiger partial charge in [-0.15, -0.1) is 0 Å². The Hall–Kier alpha value is -2.01. The summed E-state index contributed by atoms with van der Waals surface area (Å²) in [6.45, 7) is 1.62. The summed E-state index contributed by atoms with van der Waals surface area (Å²) in [5.41, 5.74) is 1.17. The van der Waals surface area contributed by atoms with Crippen LogP contribution in [0.2, 0.25) is 0 Å². The van der Waals surface area contributed by atoms with Crippen molar-refractivity contribution in [2.24, 2.45) is 0 Å². The van der Waals surface area contributed by atoms with E-state index in [9.17, 15) is 9.59 Å². The van der Waals surface area contributed by atoms with Crippen molar-refractivity contribution in [2.75, 3.05) is 6.54 Å². The number of fused-ring (bicyclic) bond motifs is 1. The molecule has 0 radical (unpaired) electrons. The molecule has 126 valence electrons. The molecule has 24 heavy (non-hydrogen) atoms. The van der Waals surface area contributed by atoms with Crippen LogP contribution >= 0.6 is 11.3 Å². The molecule has 2 amide bonds. The Morgan fingerprint density at radius 3 is 2.04 bits per heavy atom. The lowest BCUT2D eigenvalue weighted by atomic mass is 10.1. The second-order valence-corrected chi connectivity index (χ2v) is 6.94. The highest BCUT2D eigenvalue weighted by atomic mass is 32.1. The minimum Gasteiger partial charge on any atom is -0.274 e. The molecule has 2 aromatic rings. The highest BCUT2D eigenvalue weighted by Crippen LogP contribution is 2.26. The van der Waals surface area contributed by atoms with Gasteiger partial charge >= 0.3 is 0 Å². The lowest BCUT2D eigenvalue weighted by molar-refractivity contribution is -0.697. The molecule has 1 aliphatic rings. The van der Waals surface area contributed by atoms with Gasteiger partial charge in [-0.2, -0.15) is 11.3 Å². The fraction of sp³-hybridized carbons (Fsp3) is 0.421. The molecule has 5 heteroatoms. The van der Waals surface area contributed by atoms with Gasteiger partial charge in [-0.1, -0.05) is 25.3 Å². The number of rotatable bonds is 9. The summed E-state index contributed by atoms with van der Waals surface area (Å²) in [4.78, 5) is 25.6. The summed E-state index contributed by atoms with van der Waals surface area (Å²) < 4.78 is 2.21.